The van der Waals surface area contributed by atoms with E-state index in [-0.39, 0.29) is 18.5 Å². The molecular formula is C17H25FN2O2. The van der Waals surface area contributed by atoms with Crippen LogP contribution >= 0.6 is 0 Å². The number of carbonyl (C=O) groups excluding carboxylic acids is 1. The van der Waals surface area contributed by atoms with E-state index >= 15 is 0 Å². The van der Waals surface area contributed by atoms with E-state index in [9.17, 15) is 9.18 Å². The molecule has 1 aliphatic rings. The molecule has 0 aromatic heterocycles. The molecule has 1 aliphatic heterocycles. The molecule has 0 unspecified atom stereocenters. The minimum absolute atomic E-state index is 0.0117. The highest BCUT2D eigenvalue weighted by Crippen LogP contribution is 2.10. The number of hydrogen-bond donors (Lipinski definition) is 0. The molecule has 0 aliphatic carbocycles. The number of nitrogens with zero attached hydrogens (tertiary/aromatic N) is 2. The lowest BCUT2D eigenvalue weighted by molar-refractivity contribution is 0.0707. The van der Waals surface area contributed by atoms with Gasteiger partial charge in [0.05, 0.1) is 0 Å². The van der Waals surface area contributed by atoms with Crippen molar-refractivity contribution in [1.82, 2.24) is 9.80 Å². The maximum Gasteiger partial charge on any atom is 0.410 e. The molecule has 0 radical (unpaired) electrons. The number of hydrogen-bond acceptors (Lipinski definition) is 3. The Labute approximate surface area is 131 Å². The number of benzene rings is 1. The summed E-state index contributed by atoms with van der Waals surface area (Å²) in [4.78, 5) is 16.1. The third-order valence-corrected chi connectivity index (χ3v) is 4.02. The van der Waals surface area contributed by atoms with Crippen LogP contribution in [0.3, 0.4) is 0 Å². The van der Waals surface area contributed by atoms with Crippen molar-refractivity contribution < 1.29 is 13.9 Å². The minimum atomic E-state index is -0.350. The molecule has 1 aromatic rings. The Morgan fingerprint density at radius 3 is 2.59 bits per heavy atom. The number of amides is 1. The zero-order valence-electron chi connectivity index (χ0n) is 13.3. The maximum absolute atomic E-state index is 13.5. The monoisotopic (exact) mass is 308 g/mol. The van der Waals surface area contributed by atoms with Gasteiger partial charge in [-0.3, -0.25) is 4.90 Å². The van der Waals surface area contributed by atoms with Gasteiger partial charge in [-0.1, -0.05) is 38.0 Å². The van der Waals surface area contributed by atoms with Gasteiger partial charge in [-0.25, -0.2) is 9.18 Å². The van der Waals surface area contributed by atoms with Crippen LogP contribution in [-0.2, 0) is 11.3 Å². The van der Waals surface area contributed by atoms with E-state index in [1.54, 1.807) is 23.1 Å². The molecule has 22 heavy (non-hydrogen) atoms. The predicted molar refractivity (Wildman–Crippen MR) is 84.1 cm³/mol. The third-order valence-electron chi connectivity index (χ3n) is 4.02. The Bertz CT molecular complexity index is 473. The topological polar surface area (TPSA) is 32.8 Å². The van der Waals surface area contributed by atoms with E-state index in [1.807, 2.05) is 0 Å². The molecule has 2 rings (SSSR count). The van der Waals surface area contributed by atoms with Gasteiger partial charge in [0.25, 0.3) is 0 Å². The molecule has 1 aromatic carbocycles. The number of rotatable bonds is 6. The number of carbonyl (C=O) groups is 1. The number of unbranched alkanes of at least 4 members (excludes halogenated alkanes) is 2. The van der Waals surface area contributed by atoms with Crippen LogP contribution in [0.2, 0.25) is 0 Å². The van der Waals surface area contributed by atoms with Gasteiger partial charge >= 0.3 is 6.09 Å². The fourth-order valence-corrected chi connectivity index (χ4v) is 2.59. The Hall–Kier alpha value is -1.62. The lowest BCUT2D eigenvalue weighted by Gasteiger charge is -2.34. The first-order valence-electron chi connectivity index (χ1n) is 8.08. The summed E-state index contributed by atoms with van der Waals surface area (Å²) < 4.78 is 18.7. The van der Waals surface area contributed by atoms with Gasteiger partial charge in [-0.2, -0.15) is 0 Å². The van der Waals surface area contributed by atoms with Crippen molar-refractivity contribution in [3.8, 4) is 0 Å². The molecular weight excluding hydrogens is 283 g/mol. The predicted octanol–water partition coefficient (Wildman–Crippen LogP) is 3.27. The van der Waals surface area contributed by atoms with Crippen LogP contribution in [0.5, 0.6) is 0 Å². The van der Waals surface area contributed by atoms with Gasteiger partial charge in [0.2, 0.25) is 0 Å². The second kappa shape index (κ2) is 8.73. The molecule has 0 atom stereocenters. The summed E-state index contributed by atoms with van der Waals surface area (Å²) in [6, 6.07) is 6.37. The van der Waals surface area contributed by atoms with Crippen LogP contribution in [0.25, 0.3) is 0 Å². The first-order valence-corrected chi connectivity index (χ1v) is 8.08. The number of piperazine rings is 1. The summed E-state index contributed by atoms with van der Waals surface area (Å²) in [6.45, 7) is 6.43. The van der Waals surface area contributed by atoms with Crippen LogP contribution in [0.4, 0.5) is 9.18 Å². The molecule has 0 saturated carbocycles. The van der Waals surface area contributed by atoms with Crippen molar-refractivity contribution in [2.45, 2.75) is 32.8 Å². The summed E-state index contributed by atoms with van der Waals surface area (Å²) >= 11 is 0. The second-order valence-corrected chi connectivity index (χ2v) is 5.68. The van der Waals surface area contributed by atoms with E-state index in [2.05, 4.69) is 11.8 Å². The van der Waals surface area contributed by atoms with Gasteiger partial charge in [0.15, 0.2) is 0 Å². The van der Waals surface area contributed by atoms with Crippen LogP contribution in [0, 0.1) is 5.82 Å². The lowest BCUT2D eigenvalue weighted by atomic mass is 10.2. The van der Waals surface area contributed by atoms with Crippen molar-refractivity contribution >= 4 is 6.09 Å². The molecule has 0 bridgehead atoms. The van der Waals surface area contributed by atoms with Crippen LogP contribution in [-0.4, -0.2) is 48.6 Å². The molecule has 1 saturated heterocycles. The Balaban J connectivity index is 1.70. The second-order valence-electron chi connectivity index (χ2n) is 5.68. The van der Waals surface area contributed by atoms with Crippen molar-refractivity contribution in [2.24, 2.45) is 0 Å². The standard InChI is InChI=1S/C17H25FN2O2/c1-2-3-6-9-19-10-12-20(13-11-19)17(21)22-14-15-7-4-5-8-16(15)18/h4-5,7-8H,2-3,6,9-14H2,1H3. The van der Waals surface area contributed by atoms with Crippen molar-refractivity contribution in [3.05, 3.63) is 35.6 Å². The number of halogens is 1. The largest absolute Gasteiger partial charge is 0.444 e. The molecule has 5 heteroatoms. The van der Waals surface area contributed by atoms with E-state index < -0.39 is 0 Å². The Morgan fingerprint density at radius 1 is 1.18 bits per heavy atom. The van der Waals surface area contributed by atoms with Crippen LogP contribution in [0.1, 0.15) is 31.7 Å². The molecule has 4 nitrogen and oxygen atoms in total. The fourth-order valence-electron chi connectivity index (χ4n) is 2.59. The molecule has 1 heterocycles. The average molecular weight is 308 g/mol. The molecule has 1 amide bonds. The zero-order chi connectivity index (χ0) is 15.8. The lowest BCUT2D eigenvalue weighted by Crippen LogP contribution is -2.48. The highest BCUT2D eigenvalue weighted by Gasteiger charge is 2.21. The van der Waals surface area contributed by atoms with Gasteiger partial charge in [0.1, 0.15) is 12.4 Å². The van der Waals surface area contributed by atoms with E-state index in [1.165, 1.54) is 25.3 Å². The SMILES string of the molecule is CCCCCN1CCN(C(=O)OCc2ccccc2F)CC1. The summed E-state index contributed by atoms with van der Waals surface area (Å²) in [6.07, 6.45) is 3.35. The molecule has 0 N–H and O–H groups in total. The van der Waals surface area contributed by atoms with Gasteiger partial charge in [0, 0.05) is 31.7 Å². The van der Waals surface area contributed by atoms with E-state index in [4.69, 9.17) is 4.74 Å². The highest BCUT2D eigenvalue weighted by molar-refractivity contribution is 5.67. The summed E-state index contributed by atoms with van der Waals surface area (Å²) in [5, 5.41) is 0. The average Bonchev–Trinajstić information content (AvgIpc) is 2.55. The van der Waals surface area contributed by atoms with Crippen molar-refractivity contribution in [1.29, 1.82) is 0 Å². The molecule has 0 spiro atoms. The maximum atomic E-state index is 13.5. The van der Waals surface area contributed by atoms with Crippen molar-refractivity contribution in [2.75, 3.05) is 32.7 Å². The van der Waals surface area contributed by atoms with Gasteiger partial charge < -0.3 is 9.64 Å². The Morgan fingerprint density at radius 2 is 1.91 bits per heavy atom. The van der Waals surface area contributed by atoms with E-state index in [0.29, 0.717) is 18.7 Å². The first kappa shape index (κ1) is 16.7. The summed E-state index contributed by atoms with van der Waals surface area (Å²) in [7, 11) is 0. The van der Waals surface area contributed by atoms with Gasteiger partial charge in [-0.15, -0.1) is 0 Å². The van der Waals surface area contributed by atoms with Crippen LogP contribution in [0.15, 0.2) is 24.3 Å². The van der Waals surface area contributed by atoms with Crippen molar-refractivity contribution in [3.63, 3.8) is 0 Å². The summed E-state index contributed by atoms with van der Waals surface area (Å²) in [5.74, 6) is -0.337. The molecule has 1 fully saturated rings. The van der Waals surface area contributed by atoms with E-state index in [0.717, 1.165) is 19.6 Å². The third kappa shape index (κ3) is 4.98. The normalized spacial score (nSPS) is 15.8. The minimum Gasteiger partial charge on any atom is -0.444 e. The fraction of sp³-hybridized carbons (Fsp3) is 0.588. The summed E-state index contributed by atoms with van der Waals surface area (Å²) in [5.41, 5.74) is 0.411. The first-order chi connectivity index (χ1) is 10.7. The highest BCUT2D eigenvalue weighted by atomic mass is 19.1. The van der Waals surface area contributed by atoms with Crippen LogP contribution < -0.4 is 0 Å². The Kier molecular flexibility index (Phi) is 6.65. The smallest absolute Gasteiger partial charge is 0.410 e. The zero-order valence-corrected chi connectivity index (χ0v) is 13.3. The molecule has 122 valence electrons. The number of ether oxygens (including phenoxy) is 1. The quantitative estimate of drug-likeness (QED) is 0.756. The van der Waals surface area contributed by atoms with Gasteiger partial charge in [-0.05, 0) is 19.0 Å².